The van der Waals surface area contributed by atoms with Crippen molar-refractivity contribution in [3.05, 3.63) is 34.5 Å². The van der Waals surface area contributed by atoms with Gasteiger partial charge in [-0.15, -0.1) is 0 Å². The van der Waals surface area contributed by atoms with E-state index < -0.39 is 0 Å². The number of likely N-dealkylation sites (tertiary alicyclic amines) is 1. The number of nitrogens with one attached hydrogen (secondary N) is 1. The van der Waals surface area contributed by atoms with Crippen molar-refractivity contribution in [3.8, 4) is 17.2 Å². The van der Waals surface area contributed by atoms with Crippen molar-refractivity contribution in [3.63, 3.8) is 0 Å². The van der Waals surface area contributed by atoms with E-state index in [0.717, 1.165) is 19.6 Å². The van der Waals surface area contributed by atoms with Crippen LogP contribution in [-0.2, 0) is 11.3 Å². The quantitative estimate of drug-likeness (QED) is 0.782. The lowest BCUT2D eigenvalue weighted by atomic mass is 10.2. The molecule has 9 heteroatoms. The number of aryl methyl sites for hydroxylation is 1. The number of hydrogen-bond donors (Lipinski definition) is 1. The van der Waals surface area contributed by atoms with Gasteiger partial charge in [0, 0.05) is 19.2 Å². The minimum absolute atomic E-state index is 0.1000. The number of ether oxygens (including phenoxy) is 2. The van der Waals surface area contributed by atoms with Crippen LogP contribution in [0.4, 0.5) is 0 Å². The standard InChI is InChI=1S/C18H23N5O4/c1-13-20-22(11-17(24)19-6-9-21-7-2-3-8-21)18(25)23(13)14-4-5-15-16(10-14)27-12-26-15/h4-5,10H,2-3,6-9,11-12H2,1H3,(H,19,24). The molecule has 0 spiro atoms. The van der Waals surface area contributed by atoms with Crippen molar-refractivity contribution < 1.29 is 14.3 Å². The number of carbonyl (C=O) groups excluding carboxylic acids is 1. The highest BCUT2D eigenvalue weighted by molar-refractivity contribution is 5.75. The average Bonchev–Trinajstić information content (AvgIpc) is 3.36. The molecule has 0 radical (unpaired) electrons. The molecule has 0 bridgehead atoms. The van der Waals surface area contributed by atoms with Gasteiger partial charge in [0.2, 0.25) is 12.7 Å². The zero-order valence-electron chi connectivity index (χ0n) is 15.3. The first-order valence-corrected chi connectivity index (χ1v) is 9.17. The molecule has 0 unspecified atom stereocenters. The second kappa shape index (κ2) is 7.43. The van der Waals surface area contributed by atoms with Crippen LogP contribution in [0.5, 0.6) is 11.5 Å². The molecule has 0 atom stereocenters. The molecule has 4 rings (SSSR count). The average molecular weight is 373 g/mol. The number of benzene rings is 1. The molecule has 1 fully saturated rings. The molecule has 3 heterocycles. The van der Waals surface area contributed by atoms with Crippen LogP contribution < -0.4 is 20.5 Å². The van der Waals surface area contributed by atoms with E-state index in [0.29, 0.717) is 29.6 Å². The van der Waals surface area contributed by atoms with Gasteiger partial charge in [0.1, 0.15) is 12.4 Å². The Bertz CT molecular complexity index is 898. The molecule has 1 aromatic heterocycles. The Morgan fingerprint density at radius 1 is 1.22 bits per heavy atom. The van der Waals surface area contributed by atoms with Gasteiger partial charge in [-0.05, 0) is 45.0 Å². The van der Waals surface area contributed by atoms with Crippen LogP contribution in [0.25, 0.3) is 5.69 Å². The maximum Gasteiger partial charge on any atom is 0.351 e. The highest BCUT2D eigenvalue weighted by Crippen LogP contribution is 2.33. The lowest BCUT2D eigenvalue weighted by molar-refractivity contribution is -0.121. The number of fused-ring (bicyclic) bond motifs is 1. The van der Waals surface area contributed by atoms with Crippen molar-refractivity contribution >= 4 is 5.91 Å². The van der Waals surface area contributed by atoms with Crippen molar-refractivity contribution in [2.24, 2.45) is 0 Å². The SMILES string of the molecule is Cc1nn(CC(=O)NCCN2CCCC2)c(=O)n1-c1ccc2c(c1)OCO2. The maximum absolute atomic E-state index is 12.7. The van der Waals surface area contributed by atoms with Gasteiger partial charge in [-0.25, -0.2) is 14.0 Å². The van der Waals surface area contributed by atoms with E-state index in [1.54, 1.807) is 25.1 Å². The molecule has 1 N–H and O–H groups in total. The number of rotatable bonds is 6. The maximum atomic E-state index is 12.7. The van der Waals surface area contributed by atoms with E-state index in [9.17, 15) is 9.59 Å². The van der Waals surface area contributed by atoms with Gasteiger partial charge in [0.05, 0.1) is 5.69 Å². The van der Waals surface area contributed by atoms with Crippen molar-refractivity contribution in [2.75, 3.05) is 33.0 Å². The normalized spacial score (nSPS) is 16.0. The summed E-state index contributed by atoms with van der Waals surface area (Å²) >= 11 is 0. The fraction of sp³-hybridized carbons (Fsp3) is 0.500. The molecule has 2 aliphatic heterocycles. The third-order valence-corrected chi connectivity index (χ3v) is 4.86. The predicted molar refractivity (Wildman–Crippen MR) is 97.4 cm³/mol. The van der Waals surface area contributed by atoms with E-state index in [1.165, 1.54) is 22.1 Å². The van der Waals surface area contributed by atoms with Gasteiger partial charge in [0.15, 0.2) is 11.5 Å². The molecule has 1 amide bonds. The second-order valence-corrected chi connectivity index (χ2v) is 6.76. The summed E-state index contributed by atoms with van der Waals surface area (Å²) in [6.45, 7) is 5.40. The zero-order chi connectivity index (χ0) is 18.8. The summed E-state index contributed by atoms with van der Waals surface area (Å²) in [6, 6.07) is 5.26. The monoisotopic (exact) mass is 373 g/mol. The molecule has 27 heavy (non-hydrogen) atoms. The Morgan fingerprint density at radius 3 is 2.81 bits per heavy atom. The number of amides is 1. The van der Waals surface area contributed by atoms with Gasteiger partial charge in [-0.3, -0.25) is 4.79 Å². The molecule has 144 valence electrons. The number of nitrogens with zero attached hydrogens (tertiary/aromatic N) is 4. The Labute approximate surface area is 156 Å². The van der Waals surface area contributed by atoms with Crippen LogP contribution >= 0.6 is 0 Å². The van der Waals surface area contributed by atoms with Crippen LogP contribution in [0, 0.1) is 6.92 Å². The van der Waals surface area contributed by atoms with Crippen LogP contribution in [0.2, 0.25) is 0 Å². The summed E-state index contributed by atoms with van der Waals surface area (Å²) in [6.07, 6.45) is 2.44. The molecule has 0 saturated carbocycles. The number of aromatic nitrogens is 3. The molecular formula is C18H23N5O4. The zero-order valence-corrected chi connectivity index (χ0v) is 15.3. The fourth-order valence-corrected chi connectivity index (χ4v) is 3.49. The summed E-state index contributed by atoms with van der Waals surface area (Å²) in [5, 5.41) is 7.09. The Kier molecular flexibility index (Phi) is 4.85. The highest BCUT2D eigenvalue weighted by atomic mass is 16.7. The summed E-state index contributed by atoms with van der Waals surface area (Å²) in [5.41, 5.74) is 0.267. The fourth-order valence-electron chi connectivity index (χ4n) is 3.49. The molecule has 1 saturated heterocycles. The lowest BCUT2D eigenvalue weighted by Gasteiger charge is -2.14. The first-order valence-electron chi connectivity index (χ1n) is 9.17. The van der Waals surface area contributed by atoms with Crippen molar-refractivity contribution in [1.82, 2.24) is 24.6 Å². The largest absolute Gasteiger partial charge is 0.454 e. The van der Waals surface area contributed by atoms with Gasteiger partial charge in [-0.2, -0.15) is 5.10 Å². The van der Waals surface area contributed by atoms with E-state index in [4.69, 9.17) is 9.47 Å². The molecule has 0 aliphatic carbocycles. The highest BCUT2D eigenvalue weighted by Gasteiger charge is 2.18. The summed E-state index contributed by atoms with van der Waals surface area (Å²) < 4.78 is 13.3. The van der Waals surface area contributed by atoms with Gasteiger partial charge < -0.3 is 19.7 Å². The lowest BCUT2D eigenvalue weighted by Crippen LogP contribution is -2.37. The Hall–Kier alpha value is -2.81. The smallest absolute Gasteiger partial charge is 0.351 e. The van der Waals surface area contributed by atoms with E-state index >= 15 is 0 Å². The first kappa shape index (κ1) is 17.6. The van der Waals surface area contributed by atoms with Crippen molar-refractivity contribution in [1.29, 1.82) is 0 Å². The third kappa shape index (κ3) is 3.68. The van der Waals surface area contributed by atoms with Gasteiger partial charge in [0.25, 0.3) is 0 Å². The van der Waals surface area contributed by atoms with Crippen LogP contribution in [0.1, 0.15) is 18.7 Å². The third-order valence-electron chi connectivity index (χ3n) is 4.86. The Morgan fingerprint density at radius 2 is 2.00 bits per heavy atom. The van der Waals surface area contributed by atoms with E-state index in [2.05, 4.69) is 15.3 Å². The molecule has 1 aromatic carbocycles. The molecule has 2 aromatic rings. The molecular weight excluding hydrogens is 350 g/mol. The number of carbonyl (C=O) groups is 1. The van der Waals surface area contributed by atoms with Crippen molar-refractivity contribution in [2.45, 2.75) is 26.3 Å². The minimum Gasteiger partial charge on any atom is -0.454 e. The van der Waals surface area contributed by atoms with Gasteiger partial charge >= 0.3 is 5.69 Å². The first-order chi connectivity index (χ1) is 13.1. The molecule has 9 nitrogen and oxygen atoms in total. The van der Waals surface area contributed by atoms with Crippen LogP contribution in [0.3, 0.4) is 0 Å². The predicted octanol–water partition coefficient (Wildman–Crippen LogP) is 0.283. The molecule has 2 aliphatic rings. The summed E-state index contributed by atoms with van der Waals surface area (Å²) in [5.74, 6) is 1.52. The van der Waals surface area contributed by atoms with Gasteiger partial charge in [-0.1, -0.05) is 0 Å². The second-order valence-electron chi connectivity index (χ2n) is 6.76. The summed E-state index contributed by atoms with van der Waals surface area (Å²) in [4.78, 5) is 27.2. The number of hydrogen-bond acceptors (Lipinski definition) is 6. The van der Waals surface area contributed by atoms with E-state index in [1.807, 2.05) is 0 Å². The van der Waals surface area contributed by atoms with Crippen LogP contribution in [0.15, 0.2) is 23.0 Å². The summed E-state index contributed by atoms with van der Waals surface area (Å²) in [7, 11) is 0. The minimum atomic E-state index is -0.360. The topological polar surface area (TPSA) is 90.6 Å². The Balaban J connectivity index is 1.43. The van der Waals surface area contributed by atoms with E-state index in [-0.39, 0.29) is 24.9 Å². The van der Waals surface area contributed by atoms with Crippen LogP contribution in [-0.4, -0.2) is 58.1 Å².